The lowest BCUT2D eigenvalue weighted by Gasteiger charge is -2.13. The van der Waals surface area contributed by atoms with E-state index in [1.165, 1.54) is 0 Å². The molecular weight excluding hydrogens is 292 g/mol. The van der Waals surface area contributed by atoms with Crippen LogP contribution < -0.4 is 10.1 Å². The fraction of sp³-hybridized carbons (Fsp3) is 0.222. The number of hydrogen-bond acceptors (Lipinski definition) is 4. The van der Waals surface area contributed by atoms with Gasteiger partial charge in [0, 0.05) is 18.5 Å². The predicted molar refractivity (Wildman–Crippen MR) is 84.1 cm³/mol. The lowest BCUT2D eigenvalue weighted by atomic mass is 10.0. The van der Waals surface area contributed by atoms with Gasteiger partial charge in [-0.1, -0.05) is 6.07 Å². The first-order valence-corrected chi connectivity index (χ1v) is 7.39. The molecule has 2 aromatic carbocycles. The van der Waals surface area contributed by atoms with Crippen LogP contribution in [-0.4, -0.2) is 24.2 Å². The monoisotopic (exact) mass is 308 g/mol. The Kier molecular flexibility index (Phi) is 4.26. The van der Waals surface area contributed by atoms with Crippen LogP contribution in [-0.2, 0) is 6.42 Å². The second-order valence-corrected chi connectivity index (χ2v) is 5.38. The molecule has 1 heterocycles. The van der Waals surface area contributed by atoms with E-state index in [4.69, 9.17) is 10.00 Å². The van der Waals surface area contributed by atoms with E-state index in [0.717, 1.165) is 23.3 Å². The van der Waals surface area contributed by atoms with Crippen molar-refractivity contribution in [3.63, 3.8) is 0 Å². The van der Waals surface area contributed by atoms with E-state index in [9.17, 15) is 9.90 Å². The second kappa shape index (κ2) is 6.51. The number of aliphatic hydroxyl groups is 1. The summed E-state index contributed by atoms with van der Waals surface area (Å²) >= 11 is 0. The SMILES string of the molecule is N#Cc1ccc(C(=O)NCC(O)c2ccc3c(c2)CCO3)cc1. The van der Waals surface area contributed by atoms with Crippen molar-refractivity contribution < 1.29 is 14.6 Å². The number of amides is 1. The van der Waals surface area contributed by atoms with Crippen molar-refractivity contribution in [1.29, 1.82) is 5.26 Å². The fourth-order valence-electron chi connectivity index (χ4n) is 2.52. The Morgan fingerprint density at radius 2 is 2.09 bits per heavy atom. The number of rotatable bonds is 4. The van der Waals surface area contributed by atoms with Crippen LogP contribution in [0.3, 0.4) is 0 Å². The van der Waals surface area contributed by atoms with Gasteiger partial charge in [-0.15, -0.1) is 0 Å². The summed E-state index contributed by atoms with van der Waals surface area (Å²) in [5.41, 5.74) is 2.80. The van der Waals surface area contributed by atoms with Crippen LogP contribution in [0.1, 0.15) is 33.2 Å². The van der Waals surface area contributed by atoms with E-state index in [1.54, 1.807) is 24.3 Å². The summed E-state index contributed by atoms with van der Waals surface area (Å²) in [7, 11) is 0. The largest absolute Gasteiger partial charge is 0.493 e. The van der Waals surface area contributed by atoms with Gasteiger partial charge in [0.15, 0.2) is 0 Å². The molecule has 0 radical (unpaired) electrons. The number of aliphatic hydroxyl groups excluding tert-OH is 1. The topological polar surface area (TPSA) is 82.4 Å². The Balaban J connectivity index is 1.61. The maximum absolute atomic E-state index is 12.0. The smallest absolute Gasteiger partial charge is 0.251 e. The van der Waals surface area contributed by atoms with Gasteiger partial charge < -0.3 is 15.2 Å². The number of nitrogens with zero attached hydrogens (tertiary/aromatic N) is 1. The van der Waals surface area contributed by atoms with Crippen molar-refractivity contribution in [2.45, 2.75) is 12.5 Å². The lowest BCUT2D eigenvalue weighted by Crippen LogP contribution is -2.28. The molecule has 23 heavy (non-hydrogen) atoms. The van der Waals surface area contributed by atoms with Crippen LogP contribution >= 0.6 is 0 Å². The van der Waals surface area contributed by atoms with Crippen LogP contribution in [0.25, 0.3) is 0 Å². The van der Waals surface area contributed by atoms with E-state index in [2.05, 4.69) is 5.32 Å². The van der Waals surface area contributed by atoms with Crippen LogP contribution in [0, 0.1) is 11.3 Å². The van der Waals surface area contributed by atoms with Gasteiger partial charge in [-0.05, 0) is 47.5 Å². The zero-order chi connectivity index (χ0) is 16.2. The van der Waals surface area contributed by atoms with Gasteiger partial charge in [0.05, 0.1) is 24.3 Å². The van der Waals surface area contributed by atoms with Gasteiger partial charge in [0.25, 0.3) is 5.91 Å². The van der Waals surface area contributed by atoms with Gasteiger partial charge in [0.2, 0.25) is 0 Å². The minimum absolute atomic E-state index is 0.123. The van der Waals surface area contributed by atoms with Gasteiger partial charge in [-0.2, -0.15) is 5.26 Å². The van der Waals surface area contributed by atoms with Gasteiger partial charge in [-0.25, -0.2) is 0 Å². The first kappa shape index (κ1) is 15.1. The molecule has 1 aliphatic rings. The van der Waals surface area contributed by atoms with Crippen molar-refractivity contribution in [1.82, 2.24) is 5.32 Å². The van der Waals surface area contributed by atoms with Crippen molar-refractivity contribution in [2.75, 3.05) is 13.2 Å². The summed E-state index contributed by atoms with van der Waals surface area (Å²) in [6, 6.07) is 13.9. The number of fused-ring (bicyclic) bond motifs is 1. The summed E-state index contributed by atoms with van der Waals surface area (Å²) in [4.78, 5) is 12.0. The zero-order valence-corrected chi connectivity index (χ0v) is 12.5. The van der Waals surface area contributed by atoms with Crippen molar-refractivity contribution in [3.8, 4) is 11.8 Å². The first-order valence-electron chi connectivity index (χ1n) is 7.39. The Morgan fingerprint density at radius 3 is 2.83 bits per heavy atom. The van der Waals surface area contributed by atoms with Crippen molar-refractivity contribution >= 4 is 5.91 Å². The molecule has 1 aliphatic heterocycles. The minimum atomic E-state index is -0.775. The highest BCUT2D eigenvalue weighted by molar-refractivity contribution is 5.94. The number of carbonyl (C=O) groups is 1. The van der Waals surface area contributed by atoms with Gasteiger partial charge in [0.1, 0.15) is 5.75 Å². The van der Waals surface area contributed by atoms with Crippen molar-refractivity contribution in [3.05, 3.63) is 64.7 Å². The van der Waals surface area contributed by atoms with Crippen LogP contribution in [0.5, 0.6) is 5.75 Å². The summed E-state index contributed by atoms with van der Waals surface area (Å²) in [5.74, 6) is 0.584. The Bertz CT molecular complexity index is 763. The van der Waals surface area contributed by atoms with Crippen LogP contribution in [0.15, 0.2) is 42.5 Å². The second-order valence-electron chi connectivity index (χ2n) is 5.38. The number of ether oxygens (including phenoxy) is 1. The highest BCUT2D eigenvalue weighted by atomic mass is 16.5. The molecule has 0 aliphatic carbocycles. The number of hydrogen-bond donors (Lipinski definition) is 2. The molecule has 2 N–H and O–H groups in total. The summed E-state index contributed by atoms with van der Waals surface area (Å²) in [5, 5.41) is 21.7. The van der Waals surface area contributed by atoms with Crippen molar-refractivity contribution in [2.24, 2.45) is 0 Å². The molecular formula is C18H16N2O3. The fourth-order valence-corrected chi connectivity index (χ4v) is 2.52. The van der Waals surface area contributed by atoms with E-state index in [1.807, 2.05) is 24.3 Å². The molecule has 0 spiro atoms. The molecule has 0 saturated carbocycles. The molecule has 1 unspecified atom stereocenters. The highest BCUT2D eigenvalue weighted by Gasteiger charge is 2.16. The molecule has 2 aromatic rings. The number of carbonyl (C=O) groups excluding carboxylic acids is 1. The van der Waals surface area contributed by atoms with Crippen LogP contribution in [0.4, 0.5) is 0 Å². The van der Waals surface area contributed by atoms with Crippen LogP contribution in [0.2, 0.25) is 0 Å². The highest BCUT2D eigenvalue weighted by Crippen LogP contribution is 2.28. The molecule has 1 atom stereocenters. The van der Waals surface area contributed by atoms with Gasteiger partial charge in [-0.3, -0.25) is 4.79 Å². The molecule has 5 nitrogen and oxygen atoms in total. The molecule has 0 fully saturated rings. The average Bonchev–Trinajstić information content (AvgIpc) is 3.07. The predicted octanol–water partition coefficient (Wildman–Crippen LogP) is 1.96. The van der Waals surface area contributed by atoms with E-state index < -0.39 is 6.10 Å². The maximum atomic E-state index is 12.0. The molecule has 0 saturated heterocycles. The average molecular weight is 308 g/mol. The number of benzene rings is 2. The Labute approximate surface area is 134 Å². The summed E-state index contributed by atoms with van der Waals surface area (Å²) in [6.45, 7) is 0.794. The van der Waals surface area contributed by atoms with E-state index >= 15 is 0 Å². The van der Waals surface area contributed by atoms with E-state index in [0.29, 0.717) is 17.7 Å². The summed E-state index contributed by atoms with van der Waals surface area (Å²) < 4.78 is 5.43. The summed E-state index contributed by atoms with van der Waals surface area (Å²) in [6.07, 6.45) is 0.0660. The lowest BCUT2D eigenvalue weighted by molar-refractivity contribution is 0.0916. The normalized spacial score (nSPS) is 13.6. The minimum Gasteiger partial charge on any atom is -0.493 e. The molecule has 1 amide bonds. The molecule has 5 heteroatoms. The molecule has 0 aromatic heterocycles. The zero-order valence-electron chi connectivity index (χ0n) is 12.5. The maximum Gasteiger partial charge on any atom is 0.251 e. The first-order chi connectivity index (χ1) is 11.2. The number of nitriles is 1. The third-order valence-corrected chi connectivity index (χ3v) is 3.83. The molecule has 3 rings (SSSR count). The quantitative estimate of drug-likeness (QED) is 0.904. The Morgan fingerprint density at radius 1 is 1.30 bits per heavy atom. The molecule has 0 bridgehead atoms. The third kappa shape index (κ3) is 3.33. The number of nitrogens with one attached hydrogen (secondary N) is 1. The standard InChI is InChI=1S/C18H16N2O3/c19-10-12-1-3-13(4-2-12)18(22)20-11-16(21)14-5-6-17-15(9-14)7-8-23-17/h1-6,9,16,21H,7-8,11H2,(H,20,22). The molecule has 116 valence electrons. The van der Waals surface area contributed by atoms with E-state index in [-0.39, 0.29) is 12.5 Å². The third-order valence-electron chi connectivity index (χ3n) is 3.83. The van der Waals surface area contributed by atoms with Gasteiger partial charge >= 0.3 is 0 Å². The Hall–Kier alpha value is -2.84.